The molecule has 1 fully saturated rings. The van der Waals surface area contributed by atoms with Crippen LogP contribution in [0.2, 0.25) is 0 Å². The molecule has 2 aromatic rings. The van der Waals surface area contributed by atoms with Crippen LogP contribution in [0.15, 0.2) is 51.8 Å². The second-order valence-electron chi connectivity index (χ2n) is 7.72. The van der Waals surface area contributed by atoms with E-state index in [2.05, 4.69) is 21.2 Å². The summed E-state index contributed by atoms with van der Waals surface area (Å²) >= 11 is 3.47. The summed E-state index contributed by atoms with van der Waals surface area (Å²) in [7, 11) is -3.45. The topological polar surface area (TPSA) is 75.7 Å². The second kappa shape index (κ2) is 9.08. The van der Waals surface area contributed by atoms with Gasteiger partial charge in [-0.1, -0.05) is 34.5 Å². The molecule has 1 atom stereocenters. The van der Waals surface area contributed by atoms with Crippen LogP contribution >= 0.6 is 15.9 Å². The summed E-state index contributed by atoms with van der Waals surface area (Å²) < 4.78 is 33.7. The first-order valence-corrected chi connectivity index (χ1v) is 12.5. The number of amides is 1. The minimum Gasteiger partial charge on any atom is -0.493 e. The zero-order valence-corrected chi connectivity index (χ0v) is 19.0. The normalized spacial score (nSPS) is 19.6. The Balaban J connectivity index is 1.41. The molecule has 0 saturated carbocycles. The van der Waals surface area contributed by atoms with Crippen LogP contribution in [0.4, 0.5) is 0 Å². The molecule has 2 aliphatic heterocycles. The smallest absolute Gasteiger partial charge is 0.243 e. The third kappa shape index (κ3) is 4.71. The number of nitrogens with one attached hydrogen (secondary N) is 1. The Morgan fingerprint density at radius 2 is 1.83 bits per heavy atom. The van der Waals surface area contributed by atoms with E-state index in [1.807, 2.05) is 18.2 Å². The molecule has 160 valence electrons. The van der Waals surface area contributed by atoms with Crippen LogP contribution in [0, 0.1) is 0 Å². The van der Waals surface area contributed by atoms with Crippen molar-refractivity contribution in [3.8, 4) is 5.75 Å². The summed E-state index contributed by atoms with van der Waals surface area (Å²) in [5.74, 6) is 0.696. The van der Waals surface area contributed by atoms with Crippen LogP contribution < -0.4 is 10.1 Å². The number of piperidine rings is 1. The molecule has 1 amide bonds. The van der Waals surface area contributed by atoms with Gasteiger partial charge in [-0.3, -0.25) is 4.79 Å². The van der Waals surface area contributed by atoms with Gasteiger partial charge in [0.25, 0.3) is 0 Å². The van der Waals surface area contributed by atoms with Crippen LogP contribution in [0.25, 0.3) is 0 Å². The van der Waals surface area contributed by atoms with Gasteiger partial charge in [0, 0.05) is 29.5 Å². The van der Waals surface area contributed by atoms with Gasteiger partial charge < -0.3 is 10.1 Å². The van der Waals surface area contributed by atoms with Crippen LogP contribution in [-0.4, -0.2) is 38.3 Å². The number of fused-ring (bicyclic) bond motifs is 1. The Labute approximate surface area is 185 Å². The van der Waals surface area contributed by atoms with E-state index in [1.165, 1.54) is 0 Å². The van der Waals surface area contributed by atoms with Crippen LogP contribution in [0.3, 0.4) is 0 Å². The largest absolute Gasteiger partial charge is 0.493 e. The lowest BCUT2D eigenvalue weighted by Gasteiger charge is -2.27. The molecule has 0 radical (unpaired) electrons. The van der Waals surface area contributed by atoms with E-state index in [0.717, 1.165) is 40.6 Å². The molecule has 1 unspecified atom stereocenters. The number of benzene rings is 2. The monoisotopic (exact) mass is 492 g/mol. The van der Waals surface area contributed by atoms with E-state index in [4.69, 9.17) is 4.74 Å². The predicted molar refractivity (Wildman–Crippen MR) is 118 cm³/mol. The first-order chi connectivity index (χ1) is 14.4. The number of carbonyl (C=O) groups is 1. The molecule has 1 saturated heterocycles. The summed E-state index contributed by atoms with van der Waals surface area (Å²) in [4.78, 5) is 12.9. The highest BCUT2D eigenvalue weighted by Gasteiger charge is 2.26. The van der Waals surface area contributed by atoms with Gasteiger partial charge in [0.2, 0.25) is 15.9 Å². The molecular weight excluding hydrogens is 468 g/mol. The summed E-state index contributed by atoms with van der Waals surface area (Å²) in [6.07, 6.45) is 3.80. The maximum absolute atomic E-state index is 12.8. The predicted octanol–water partition coefficient (Wildman–Crippen LogP) is 3.81. The van der Waals surface area contributed by atoms with Crippen molar-refractivity contribution in [2.75, 3.05) is 19.7 Å². The number of sulfonamides is 1. The first-order valence-electron chi connectivity index (χ1n) is 10.2. The third-order valence-corrected chi connectivity index (χ3v) is 7.99. The first kappa shape index (κ1) is 21.3. The van der Waals surface area contributed by atoms with Gasteiger partial charge in [-0.2, -0.15) is 4.31 Å². The second-order valence-corrected chi connectivity index (χ2v) is 10.6. The maximum Gasteiger partial charge on any atom is 0.243 e. The molecule has 30 heavy (non-hydrogen) atoms. The van der Waals surface area contributed by atoms with Gasteiger partial charge in [-0.05, 0) is 48.7 Å². The number of rotatable bonds is 5. The standard InChI is InChI=1S/C22H25BrN2O4S/c23-17-6-9-21-19(15-17)20(10-13-29-21)24-22(26)14-16-4-7-18(8-5-16)30(27,28)25-11-2-1-3-12-25/h4-9,15,20H,1-3,10-14H2,(H,24,26). The van der Waals surface area contributed by atoms with Crippen LogP contribution in [0.1, 0.15) is 42.9 Å². The van der Waals surface area contributed by atoms with Gasteiger partial charge in [-0.25, -0.2) is 8.42 Å². The zero-order valence-electron chi connectivity index (χ0n) is 16.6. The number of carbonyl (C=O) groups excluding carboxylic acids is 1. The van der Waals surface area contributed by atoms with Crippen molar-refractivity contribution in [2.45, 2.75) is 43.0 Å². The highest BCUT2D eigenvalue weighted by molar-refractivity contribution is 9.10. The average molecular weight is 493 g/mol. The van der Waals surface area contributed by atoms with Crippen molar-refractivity contribution in [3.05, 3.63) is 58.1 Å². The van der Waals surface area contributed by atoms with E-state index >= 15 is 0 Å². The van der Waals surface area contributed by atoms with E-state index < -0.39 is 10.0 Å². The fourth-order valence-corrected chi connectivity index (χ4v) is 5.88. The van der Waals surface area contributed by atoms with Gasteiger partial charge in [0.15, 0.2) is 0 Å². The summed E-state index contributed by atoms with van der Waals surface area (Å²) in [6.45, 7) is 1.72. The number of hydrogen-bond donors (Lipinski definition) is 1. The van der Waals surface area contributed by atoms with Crippen LogP contribution in [-0.2, 0) is 21.2 Å². The number of halogens is 1. The van der Waals surface area contributed by atoms with E-state index in [1.54, 1.807) is 28.6 Å². The molecule has 2 heterocycles. The SMILES string of the molecule is O=C(Cc1ccc(S(=O)(=O)N2CCCCC2)cc1)NC1CCOc2ccc(Br)cc21. The molecule has 0 spiro atoms. The van der Waals surface area contributed by atoms with Crippen molar-refractivity contribution in [1.82, 2.24) is 9.62 Å². The van der Waals surface area contributed by atoms with Crippen LogP contribution in [0.5, 0.6) is 5.75 Å². The quantitative estimate of drug-likeness (QED) is 0.688. The Bertz CT molecular complexity index is 1020. The van der Waals surface area contributed by atoms with Crippen molar-refractivity contribution in [1.29, 1.82) is 0 Å². The molecule has 1 N–H and O–H groups in total. The third-order valence-electron chi connectivity index (χ3n) is 5.59. The Morgan fingerprint density at radius 3 is 2.57 bits per heavy atom. The molecular formula is C22H25BrN2O4S. The lowest BCUT2D eigenvalue weighted by atomic mass is 10.00. The fourth-order valence-electron chi connectivity index (χ4n) is 3.98. The fraction of sp³-hybridized carbons (Fsp3) is 0.409. The Hall–Kier alpha value is -1.90. The van der Waals surface area contributed by atoms with E-state index in [0.29, 0.717) is 26.1 Å². The van der Waals surface area contributed by atoms with E-state index in [-0.39, 0.29) is 23.3 Å². The van der Waals surface area contributed by atoms with Crippen molar-refractivity contribution >= 4 is 31.9 Å². The minimum absolute atomic E-state index is 0.0977. The van der Waals surface area contributed by atoms with Crippen molar-refractivity contribution in [3.63, 3.8) is 0 Å². The molecule has 0 bridgehead atoms. The summed E-state index contributed by atoms with van der Waals surface area (Å²) in [5, 5.41) is 3.08. The van der Waals surface area contributed by atoms with Crippen molar-refractivity contribution in [2.24, 2.45) is 0 Å². The highest BCUT2D eigenvalue weighted by atomic mass is 79.9. The van der Waals surface area contributed by atoms with E-state index in [9.17, 15) is 13.2 Å². The number of ether oxygens (including phenoxy) is 1. The average Bonchev–Trinajstić information content (AvgIpc) is 2.75. The minimum atomic E-state index is -3.45. The van der Waals surface area contributed by atoms with Gasteiger partial charge in [-0.15, -0.1) is 0 Å². The molecule has 6 nitrogen and oxygen atoms in total. The Kier molecular flexibility index (Phi) is 6.46. The number of nitrogens with zero attached hydrogens (tertiary/aromatic N) is 1. The summed E-state index contributed by atoms with van der Waals surface area (Å²) in [6, 6.07) is 12.4. The van der Waals surface area contributed by atoms with Gasteiger partial charge in [0.1, 0.15) is 5.75 Å². The number of hydrogen-bond acceptors (Lipinski definition) is 4. The summed E-state index contributed by atoms with van der Waals surface area (Å²) in [5.41, 5.74) is 1.75. The molecule has 2 aromatic carbocycles. The lowest BCUT2D eigenvalue weighted by Crippen LogP contribution is -2.35. The highest BCUT2D eigenvalue weighted by Crippen LogP contribution is 2.34. The molecule has 0 aliphatic carbocycles. The lowest BCUT2D eigenvalue weighted by molar-refractivity contribution is -0.121. The van der Waals surface area contributed by atoms with Gasteiger partial charge >= 0.3 is 0 Å². The van der Waals surface area contributed by atoms with Crippen molar-refractivity contribution < 1.29 is 17.9 Å². The molecule has 4 rings (SSSR count). The molecule has 8 heteroatoms. The Morgan fingerprint density at radius 1 is 1.10 bits per heavy atom. The van der Waals surface area contributed by atoms with Gasteiger partial charge in [0.05, 0.1) is 24.0 Å². The molecule has 2 aliphatic rings. The molecule has 0 aromatic heterocycles. The zero-order chi connectivity index (χ0) is 21.1. The maximum atomic E-state index is 12.8.